The molecule has 1 saturated heterocycles. The van der Waals surface area contributed by atoms with E-state index in [0.29, 0.717) is 12.0 Å². The van der Waals surface area contributed by atoms with Gasteiger partial charge in [0.05, 0.1) is 6.10 Å². The van der Waals surface area contributed by atoms with Crippen LogP contribution in [0, 0.1) is 0 Å². The molecule has 1 aliphatic rings. The van der Waals surface area contributed by atoms with Crippen molar-refractivity contribution < 1.29 is 4.74 Å². The molecule has 1 atom stereocenters. The number of ether oxygens (including phenoxy) is 1. The Balaban J connectivity index is 1.84. The van der Waals surface area contributed by atoms with E-state index in [2.05, 4.69) is 43.4 Å². The van der Waals surface area contributed by atoms with Crippen molar-refractivity contribution in [1.29, 1.82) is 0 Å². The minimum atomic E-state index is 0.407. The molecule has 2 nitrogen and oxygen atoms in total. The lowest BCUT2D eigenvalue weighted by Gasteiger charge is -2.12. The molecule has 1 aromatic rings. The van der Waals surface area contributed by atoms with Crippen LogP contribution in [0.3, 0.4) is 0 Å². The molecule has 16 heavy (non-hydrogen) atoms. The molecule has 0 spiro atoms. The third-order valence-electron chi connectivity index (χ3n) is 3.14. The van der Waals surface area contributed by atoms with Crippen LogP contribution in [0.15, 0.2) is 24.3 Å². The molecule has 0 amide bonds. The van der Waals surface area contributed by atoms with Gasteiger partial charge in [-0.3, -0.25) is 0 Å². The molecule has 0 bridgehead atoms. The molecule has 1 aromatic carbocycles. The minimum Gasteiger partial charge on any atom is -0.382 e. The van der Waals surface area contributed by atoms with Gasteiger partial charge in [-0.15, -0.1) is 0 Å². The van der Waals surface area contributed by atoms with Crippen LogP contribution in [-0.2, 0) is 4.74 Å². The van der Waals surface area contributed by atoms with E-state index in [-0.39, 0.29) is 0 Å². The van der Waals surface area contributed by atoms with E-state index in [1.165, 1.54) is 24.1 Å². The van der Waals surface area contributed by atoms with Crippen molar-refractivity contribution in [1.82, 2.24) is 0 Å². The predicted octanol–water partition coefficient (Wildman–Crippen LogP) is 3.40. The molecule has 0 radical (unpaired) electrons. The molecule has 1 unspecified atom stereocenters. The fourth-order valence-electron chi connectivity index (χ4n) is 2.02. The highest BCUT2D eigenvalue weighted by Crippen LogP contribution is 2.18. The van der Waals surface area contributed by atoms with E-state index in [4.69, 9.17) is 4.74 Å². The van der Waals surface area contributed by atoms with Crippen LogP contribution in [0.1, 0.15) is 38.2 Å². The van der Waals surface area contributed by atoms with E-state index < -0.39 is 0 Å². The Bertz CT molecular complexity index is 312. The molecule has 1 N–H and O–H groups in total. The van der Waals surface area contributed by atoms with Gasteiger partial charge in [0.1, 0.15) is 0 Å². The van der Waals surface area contributed by atoms with E-state index in [1.807, 2.05) is 0 Å². The Hall–Kier alpha value is -1.02. The zero-order valence-electron chi connectivity index (χ0n) is 10.2. The Kier molecular flexibility index (Phi) is 3.83. The second-order valence-electron chi connectivity index (χ2n) is 4.79. The normalized spacial score (nSPS) is 20.3. The summed E-state index contributed by atoms with van der Waals surface area (Å²) in [7, 11) is 0. The SMILES string of the molecule is CC(C)c1ccc(NCC2CCCO2)cc1. The minimum absolute atomic E-state index is 0.407. The molecule has 1 fully saturated rings. The Morgan fingerprint density at radius 2 is 2.06 bits per heavy atom. The quantitative estimate of drug-likeness (QED) is 0.838. The summed E-state index contributed by atoms with van der Waals surface area (Å²) < 4.78 is 5.57. The van der Waals surface area contributed by atoms with Crippen LogP contribution < -0.4 is 5.32 Å². The highest BCUT2D eigenvalue weighted by Gasteiger charge is 2.14. The molecule has 0 aromatic heterocycles. The van der Waals surface area contributed by atoms with Crippen molar-refractivity contribution in [3.8, 4) is 0 Å². The summed E-state index contributed by atoms with van der Waals surface area (Å²) in [5.41, 5.74) is 2.59. The lowest BCUT2D eigenvalue weighted by molar-refractivity contribution is 0.120. The topological polar surface area (TPSA) is 21.3 Å². The summed E-state index contributed by atoms with van der Waals surface area (Å²) in [4.78, 5) is 0. The molecule has 0 aliphatic carbocycles. The first-order valence-electron chi connectivity index (χ1n) is 6.21. The Morgan fingerprint density at radius 3 is 2.62 bits per heavy atom. The monoisotopic (exact) mass is 219 g/mol. The number of rotatable bonds is 4. The van der Waals surface area contributed by atoms with Crippen molar-refractivity contribution in [3.05, 3.63) is 29.8 Å². The van der Waals surface area contributed by atoms with Gasteiger partial charge in [0.25, 0.3) is 0 Å². The van der Waals surface area contributed by atoms with Crippen LogP contribution in [0.2, 0.25) is 0 Å². The lowest BCUT2D eigenvalue weighted by atomic mass is 10.0. The van der Waals surface area contributed by atoms with E-state index in [9.17, 15) is 0 Å². The van der Waals surface area contributed by atoms with Crippen molar-refractivity contribution in [2.24, 2.45) is 0 Å². The van der Waals surface area contributed by atoms with Crippen LogP contribution in [-0.4, -0.2) is 19.3 Å². The molecular weight excluding hydrogens is 198 g/mol. The molecule has 1 heterocycles. The highest BCUT2D eigenvalue weighted by molar-refractivity contribution is 5.45. The Morgan fingerprint density at radius 1 is 1.31 bits per heavy atom. The van der Waals surface area contributed by atoms with Crippen LogP contribution in [0.4, 0.5) is 5.69 Å². The zero-order valence-corrected chi connectivity index (χ0v) is 10.2. The molecular formula is C14H21NO. The van der Waals surface area contributed by atoms with Gasteiger partial charge in [-0.1, -0.05) is 26.0 Å². The maximum atomic E-state index is 5.57. The third-order valence-corrected chi connectivity index (χ3v) is 3.14. The molecule has 1 aliphatic heterocycles. The summed E-state index contributed by atoms with van der Waals surface area (Å²) in [6.45, 7) is 6.29. The number of anilines is 1. The van der Waals surface area contributed by atoms with E-state index in [0.717, 1.165) is 13.2 Å². The summed E-state index contributed by atoms with van der Waals surface area (Å²) in [5.74, 6) is 0.604. The van der Waals surface area contributed by atoms with E-state index >= 15 is 0 Å². The first kappa shape index (κ1) is 11.5. The van der Waals surface area contributed by atoms with Gasteiger partial charge in [-0.25, -0.2) is 0 Å². The van der Waals surface area contributed by atoms with Gasteiger partial charge in [0.15, 0.2) is 0 Å². The van der Waals surface area contributed by atoms with Gasteiger partial charge in [0.2, 0.25) is 0 Å². The van der Waals surface area contributed by atoms with Crippen LogP contribution in [0.25, 0.3) is 0 Å². The maximum absolute atomic E-state index is 5.57. The van der Waals surface area contributed by atoms with E-state index in [1.54, 1.807) is 0 Å². The molecule has 88 valence electrons. The summed E-state index contributed by atoms with van der Waals surface area (Å²) in [6, 6.07) is 8.71. The van der Waals surface area contributed by atoms with Crippen molar-refractivity contribution in [3.63, 3.8) is 0 Å². The smallest absolute Gasteiger partial charge is 0.0748 e. The van der Waals surface area contributed by atoms with Gasteiger partial charge < -0.3 is 10.1 Å². The number of benzene rings is 1. The zero-order chi connectivity index (χ0) is 11.4. The van der Waals surface area contributed by atoms with Crippen molar-refractivity contribution in [2.75, 3.05) is 18.5 Å². The van der Waals surface area contributed by atoms with Crippen LogP contribution in [0.5, 0.6) is 0 Å². The molecule has 2 heteroatoms. The summed E-state index contributed by atoms with van der Waals surface area (Å²) >= 11 is 0. The largest absolute Gasteiger partial charge is 0.382 e. The number of hydrogen-bond donors (Lipinski definition) is 1. The van der Waals surface area contributed by atoms with Gasteiger partial charge in [-0.2, -0.15) is 0 Å². The van der Waals surface area contributed by atoms with Crippen molar-refractivity contribution in [2.45, 2.75) is 38.7 Å². The second kappa shape index (κ2) is 5.35. The highest BCUT2D eigenvalue weighted by atomic mass is 16.5. The standard InChI is InChI=1S/C14H21NO/c1-11(2)12-5-7-13(8-6-12)15-10-14-4-3-9-16-14/h5-8,11,14-15H,3-4,9-10H2,1-2H3. The van der Waals surface area contributed by atoms with Gasteiger partial charge in [-0.05, 0) is 36.5 Å². The Labute approximate surface area is 98.0 Å². The van der Waals surface area contributed by atoms with Gasteiger partial charge in [0, 0.05) is 18.8 Å². The fourth-order valence-corrected chi connectivity index (χ4v) is 2.02. The fraction of sp³-hybridized carbons (Fsp3) is 0.571. The van der Waals surface area contributed by atoms with Crippen LogP contribution >= 0.6 is 0 Å². The van der Waals surface area contributed by atoms with Crippen molar-refractivity contribution >= 4 is 5.69 Å². The predicted molar refractivity (Wildman–Crippen MR) is 68.0 cm³/mol. The first-order chi connectivity index (χ1) is 7.75. The maximum Gasteiger partial charge on any atom is 0.0748 e. The summed E-state index contributed by atoms with van der Waals surface area (Å²) in [6.07, 6.45) is 2.81. The average molecular weight is 219 g/mol. The summed E-state index contributed by atoms with van der Waals surface area (Å²) in [5, 5.41) is 3.43. The lowest BCUT2D eigenvalue weighted by Crippen LogP contribution is -2.18. The van der Waals surface area contributed by atoms with Gasteiger partial charge >= 0.3 is 0 Å². The first-order valence-corrected chi connectivity index (χ1v) is 6.21. The third kappa shape index (κ3) is 2.99. The number of nitrogens with one attached hydrogen (secondary N) is 1. The average Bonchev–Trinajstić information content (AvgIpc) is 2.80. The second-order valence-corrected chi connectivity index (χ2v) is 4.79. The molecule has 2 rings (SSSR count). The number of hydrogen-bond acceptors (Lipinski definition) is 2. The molecule has 0 saturated carbocycles.